The summed E-state index contributed by atoms with van der Waals surface area (Å²) < 4.78 is 27.9. The Balaban J connectivity index is 1.61. The minimum absolute atomic E-state index is 0.315. The van der Waals surface area contributed by atoms with Crippen molar-refractivity contribution < 1.29 is 13.7 Å². The minimum atomic E-state index is -0.329. The highest BCUT2D eigenvalue weighted by atomic mass is 19.1. The first kappa shape index (κ1) is 17.8. The Morgan fingerprint density at radius 2 is 2.07 bits per heavy atom. The van der Waals surface area contributed by atoms with Gasteiger partial charge in [-0.2, -0.15) is 4.98 Å². The molecule has 0 radical (unpaired) electrons. The third kappa shape index (κ3) is 2.61. The Labute approximate surface area is 171 Å². The fraction of sp³-hybridized carbons (Fsp3) is 0.429. The van der Waals surface area contributed by atoms with Crippen LogP contribution in [0.4, 0.5) is 10.2 Å². The van der Waals surface area contributed by atoms with Crippen molar-refractivity contribution in [2.75, 3.05) is 24.7 Å². The maximum absolute atomic E-state index is 15.0. The Hall–Kier alpha value is -3.07. The molecule has 2 aliphatic rings. The number of morpholine rings is 1. The summed E-state index contributed by atoms with van der Waals surface area (Å²) in [5.74, 6) is 1.68. The molecule has 1 aliphatic heterocycles. The highest BCUT2D eigenvalue weighted by Crippen LogP contribution is 2.40. The van der Waals surface area contributed by atoms with Gasteiger partial charge in [0, 0.05) is 12.5 Å². The van der Waals surface area contributed by atoms with E-state index in [2.05, 4.69) is 33.9 Å². The number of nitrogens with zero attached hydrogens (tertiary/aromatic N) is 6. The summed E-state index contributed by atoms with van der Waals surface area (Å²) in [5.41, 5.74) is 1.48. The third-order valence-electron chi connectivity index (χ3n) is 5.91. The van der Waals surface area contributed by atoms with Crippen LogP contribution in [-0.2, 0) is 4.74 Å². The lowest BCUT2D eigenvalue weighted by Gasteiger charge is -2.43. The van der Waals surface area contributed by atoms with Crippen molar-refractivity contribution in [3.63, 3.8) is 0 Å². The first-order chi connectivity index (χ1) is 14.5. The zero-order valence-electron chi connectivity index (χ0n) is 16.8. The Kier molecular flexibility index (Phi) is 3.68. The molecule has 6 rings (SSSR count). The molecule has 1 aliphatic carbocycles. The SMILES string of the molecule is CC1(C)COCCN1c1nc2c(-c3noc(C4CC4)n3)ncn2c2cccc(F)c12. The number of ether oxygens (including phenoxy) is 1. The topological polar surface area (TPSA) is 81.6 Å². The van der Waals surface area contributed by atoms with E-state index < -0.39 is 0 Å². The van der Waals surface area contributed by atoms with Crippen LogP contribution in [0.25, 0.3) is 28.1 Å². The maximum atomic E-state index is 15.0. The van der Waals surface area contributed by atoms with Gasteiger partial charge in [0.05, 0.1) is 29.7 Å². The average molecular weight is 408 g/mol. The molecule has 9 heteroatoms. The second-order valence-electron chi connectivity index (χ2n) is 8.60. The summed E-state index contributed by atoms with van der Waals surface area (Å²) in [6.45, 7) is 5.87. The van der Waals surface area contributed by atoms with Gasteiger partial charge in [0.25, 0.3) is 0 Å². The van der Waals surface area contributed by atoms with Gasteiger partial charge in [0.1, 0.15) is 18.0 Å². The monoisotopic (exact) mass is 408 g/mol. The van der Waals surface area contributed by atoms with Crippen molar-refractivity contribution >= 4 is 22.4 Å². The Morgan fingerprint density at radius 3 is 2.87 bits per heavy atom. The van der Waals surface area contributed by atoms with Gasteiger partial charge in [-0.1, -0.05) is 11.2 Å². The summed E-state index contributed by atoms with van der Waals surface area (Å²) in [7, 11) is 0. The van der Waals surface area contributed by atoms with Crippen LogP contribution >= 0.6 is 0 Å². The number of rotatable bonds is 3. The quantitative estimate of drug-likeness (QED) is 0.513. The lowest BCUT2D eigenvalue weighted by molar-refractivity contribution is 0.0641. The zero-order chi connectivity index (χ0) is 20.5. The number of hydrogen-bond acceptors (Lipinski definition) is 7. The fourth-order valence-electron chi connectivity index (χ4n) is 4.15. The largest absolute Gasteiger partial charge is 0.377 e. The van der Waals surface area contributed by atoms with E-state index in [0.29, 0.717) is 65.5 Å². The summed E-state index contributed by atoms with van der Waals surface area (Å²) >= 11 is 0. The molecule has 0 bridgehead atoms. The van der Waals surface area contributed by atoms with Crippen LogP contribution in [0.15, 0.2) is 29.0 Å². The van der Waals surface area contributed by atoms with Gasteiger partial charge in [-0.25, -0.2) is 14.4 Å². The third-order valence-corrected chi connectivity index (χ3v) is 5.91. The van der Waals surface area contributed by atoms with Crippen LogP contribution < -0.4 is 4.90 Å². The number of fused-ring (bicyclic) bond motifs is 3. The van der Waals surface area contributed by atoms with E-state index >= 15 is 4.39 Å². The molecule has 4 heterocycles. The van der Waals surface area contributed by atoms with Crippen LogP contribution in [0.1, 0.15) is 38.5 Å². The molecule has 1 saturated heterocycles. The fourth-order valence-corrected chi connectivity index (χ4v) is 4.15. The van der Waals surface area contributed by atoms with E-state index in [4.69, 9.17) is 14.2 Å². The van der Waals surface area contributed by atoms with Crippen molar-refractivity contribution in [3.8, 4) is 11.5 Å². The zero-order valence-corrected chi connectivity index (χ0v) is 16.8. The highest BCUT2D eigenvalue weighted by Gasteiger charge is 2.35. The molecule has 3 aromatic heterocycles. The maximum Gasteiger partial charge on any atom is 0.230 e. The first-order valence-electron chi connectivity index (χ1n) is 10.2. The van der Waals surface area contributed by atoms with E-state index in [1.807, 2.05) is 6.07 Å². The van der Waals surface area contributed by atoms with Crippen molar-refractivity contribution in [2.24, 2.45) is 0 Å². The highest BCUT2D eigenvalue weighted by molar-refractivity contribution is 5.94. The first-order valence-corrected chi connectivity index (χ1v) is 10.2. The van der Waals surface area contributed by atoms with Crippen LogP contribution in [0, 0.1) is 5.82 Å². The molecular formula is C21H21FN6O2. The van der Waals surface area contributed by atoms with E-state index in [1.54, 1.807) is 16.8 Å². The van der Waals surface area contributed by atoms with Gasteiger partial charge >= 0.3 is 0 Å². The number of imidazole rings is 1. The van der Waals surface area contributed by atoms with E-state index in [1.165, 1.54) is 6.07 Å². The molecular weight excluding hydrogens is 387 g/mol. The second-order valence-corrected chi connectivity index (χ2v) is 8.60. The Bertz CT molecular complexity index is 1280. The predicted octanol–water partition coefficient (Wildman–Crippen LogP) is 3.56. The normalized spacial score (nSPS) is 19.1. The number of aromatic nitrogens is 5. The van der Waals surface area contributed by atoms with Gasteiger partial charge in [-0.15, -0.1) is 0 Å². The number of anilines is 1. The van der Waals surface area contributed by atoms with Crippen LogP contribution in [0.2, 0.25) is 0 Å². The smallest absolute Gasteiger partial charge is 0.230 e. The molecule has 0 N–H and O–H groups in total. The number of benzene rings is 1. The summed E-state index contributed by atoms with van der Waals surface area (Å²) in [6.07, 6.45) is 3.79. The van der Waals surface area contributed by atoms with Gasteiger partial charge in [0.15, 0.2) is 11.3 Å². The second kappa shape index (κ2) is 6.21. The summed E-state index contributed by atoms with van der Waals surface area (Å²) in [4.78, 5) is 16.1. The lowest BCUT2D eigenvalue weighted by Crippen LogP contribution is -2.53. The van der Waals surface area contributed by atoms with Gasteiger partial charge < -0.3 is 14.2 Å². The minimum Gasteiger partial charge on any atom is -0.377 e. The molecule has 2 fully saturated rings. The molecule has 1 saturated carbocycles. The molecule has 8 nitrogen and oxygen atoms in total. The molecule has 0 amide bonds. The molecule has 1 aromatic carbocycles. The van der Waals surface area contributed by atoms with Crippen LogP contribution in [0.3, 0.4) is 0 Å². The standard InChI is InChI=1S/C21H21FN6O2/c1-21(2)10-29-9-8-28(21)18-15-13(22)4-3-5-14(15)27-11-23-16(19(27)25-18)17-24-20(30-26-17)12-6-7-12/h3-5,11-12H,6-10H2,1-2H3. The van der Waals surface area contributed by atoms with E-state index in [-0.39, 0.29) is 11.4 Å². The summed E-state index contributed by atoms with van der Waals surface area (Å²) in [5, 5.41) is 4.60. The van der Waals surface area contributed by atoms with Crippen LogP contribution in [-0.4, -0.2) is 49.8 Å². The molecule has 0 atom stereocenters. The van der Waals surface area contributed by atoms with Crippen LogP contribution in [0.5, 0.6) is 0 Å². The average Bonchev–Trinajstić information content (AvgIpc) is 3.30. The lowest BCUT2D eigenvalue weighted by atomic mass is 10.0. The van der Waals surface area contributed by atoms with Crippen molar-refractivity contribution in [3.05, 3.63) is 36.2 Å². The number of hydrogen-bond donors (Lipinski definition) is 0. The van der Waals surface area contributed by atoms with Crippen molar-refractivity contribution in [1.82, 2.24) is 24.5 Å². The molecule has 154 valence electrons. The van der Waals surface area contributed by atoms with E-state index in [9.17, 15) is 0 Å². The molecule has 30 heavy (non-hydrogen) atoms. The molecule has 0 unspecified atom stereocenters. The predicted molar refractivity (Wildman–Crippen MR) is 108 cm³/mol. The molecule has 0 spiro atoms. The van der Waals surface area contributed by atoms with Gasteiger partial charge in [0.2, 0.25) is 11.7 Å². The van der Waals surface area contributed by atoms with Crippen molar-refractivity contribution in [2.45, 2.75) is 38.1 Å². The van der Waals surface area contributed by atoms with E-state index in [0.717, 1.165) is 12.8 Å². The van der Waals surface area contributed by atoms with Gasteiger partial charge in [-0.05, 0) is 38.8 Å². The Morgan fingerprint density at radius 1 is 1.20 bits per heavy atom. The number of halogens is 1. The summed E-state index contributed by atoms with van der Waals surface area (Å²) in [6, 6.07) is 5.04. The molecule has 4 aromatic rings. The van der Waals surface area contributed by atoms with Gasteiger partial charge in [-0.3, -0.25) is 4.40 Å². The van der Waals surface area contributed by atoms with Crippen molar-refractivity contribution in [1.29, 1.82) is 0 Å².